The van der Waals surface area contributed by atoms with E-state index in [1.807, 2.05) is 4.90 Å². The van der Waals surface area contributed by atoms with Crippen molar-refractivity contribution in [1.29, 1.82) is 0 Å². The van der Waals surface area contributed by atoms with Crippen LogP contribution in [-0.4, -0.2) is 29.1 Å². The van der Waals surface area contributed by atoms with Crippen molar-refractivity contribution in [3.63, 3.8) is 0 Å². The molecule has 0 unspecified atom stereocenters. The summed E-state index contributed by atoms with van der Waals surface area (Å²) in [5.74, 6) is -1.05. The maximum absolute atomic E-state index is 10.5. The molecule has 2 rings (SSSR count). The minimum atomic E-state index is -1.05. The molecule has 70 valence electrons. The molecule has 1 aliphatic rings. The quantitative estimate of drug-likeness (QED) is 0.738. The summed E-state index contributed by atoms with van der Waals surface area (Å²) in [4.78, 5) is 16.3. The van der Waals surface area contributed by atoms with Gasteiger partial charge in [-0.2, -0.15) is 4.98 Å². The summed E-state index contributed by atoms with van der Waals surface area (Å²) in [5, 5.41) is 8.60. The average molecular weight is 182 g/mol. The Morgan fingerprint density at radius 1 is 1.54 bits per heavy atom. The Morgan fingerprint density at radius 2 is 2.23 bits per heavy atom. The Bertz CT molecular complexity index is 315. The van der Waals surface area contributed by atoms with Crippen molar-refractivity contribution in [2.24, 2.45) is 0 Å². The summed E-state index contributed by atoms with van der Waals surface area (Å²) in [6.45, 7) is 1.80. The summed E-state index contributed by atoms with van der Waals surface area (Å²) >= 11 is 0. The molecular formula is C8H10N2O3. The highest BCUT2D eigenvalue weighted by Gasteiger charge is 2.18. The third-order valence-electron chi connectivity index (χ3n) is 2.09. The van der Waals surface area contributed by atoms with E-state index in [0.29, 0.717) is 6.01 Å². The van der Waals surface area contributed by atoms with E-state index in [2.05, 4.69) is 4.98 Å². The zero-order valence-electron chi connectivity index (χ0n) is 7.06. The average Bonchev–Trinajstić information content (AvgIpc) is 2.75. The van der Waals surface area contributed by atoms with Gasteiger partial charge in [-0.15, -0.1) is 0 Å². The first kappa shape index (κ1) is 8.10. The molecule has 1 aromatic rings. The molecular weight excluding hydrogens is 172 g/mol. The molecule has 1 aliphatic heterocycles. The normalized spacial score (nSPS) is 16.5. The van der Waals surface area contributed by atoms with E-state index in [-0.39, 0.29) is 5.69 Å². The van der Waals surface area contributed by atoms with Crippen LogP contribution in [0.15, 0.2) is 10.7 Å². The molecule has 0 atom stereocenters. The lowest BCUT2D eigenvalue weighted by molar-refractivity contribution is 0.0690. The van der Waals surface area contributed by atoms with Gasteiger partial charge in [-0.25, -0.2) is 4.79 Å². The van der Waals surface area contributed by atoms with Gasteiger partial charge in [0.2, 0.25) is 0 Å². The van der Waals surface area contributed by atoms with Gasteiger partial charge in [0.1, 0.15) is 6.26 Å². The molecule has 13 heavy (non-hydrogen) atoms. The molecule has 1 fully saturated rings. The van der Waals surface area contributed by atoms with Gasteiger partial charge in [0.15, 0.2) is 5.69 Å². The fourth-order valence-electron chi connectivity index (χ4n) is 1.42. The van der Waals surface area contributed by atoms with E-state index in [1.54, 1.807) is 0 Å². The number of aromatic carboxylic acids is 1. The number of aromatic nitrogens is 1. The number of carbonyl (C=O) groups is 1. The topological polar surface area (TPSA) is 66.6 Å². The van der Waals surface area contributed by atoms with Crippen LogP contribution in [0.4, 0.5) is 6.01 Å². The Balaban J connectivity index is 2.16. The predicted molar refractivity (Wildman–Crippen MR) is 44.9 cm³/mol. The standard InChI is InChI=1S/C8H10N2O3/c11-7(12)6-5-13-8(9-6)10-3-1-2-4-10/h5H,1-4H2,(H,11,12). The Kier molecular flexibility index (Phi) is 1.92. The van der Waals surface area contributed by atoms with Gasteiger partial charge < -0.3 is 14.4 Å². The van der Waals surface area contributed by atoms with Crippen LogP contribution in [0.2, 0.25) is 0 Å². The lowest BCUT2D eigenvalue weighted by Gasteiger charge is -2.10. The number of carboxylic acid groups (broad SMARTS) is 1. The number of anilines is 1. The van der Waals surface area contributed by atoms with Crippen molar-refractivity contribution in [2.45, 2.75) is 12.8 Å². The monoisotopic (exact) mass is 182 g/mol. The second-order valence-corrected chi connectivity index (χ2v) is 3.01. The van der Waals surface area contributed by atoms with E-state index >= 15 is 0 Å². The van der Waals surface area contributed by atoms with Crippen molar-refractivity contribution in [3.8, 4) is 0 Å². The van der Waals surface area contributed by atoms with Crippen molar-refractivity contribution in [1.82, 2.24) is 4.98 Å². The molecule has 5 nitrogen and oxygen atoms in total. The maximum Gasteiger partial charge on any atom is 0.357 e. The minimum absolute atomic E-state index is 0.0260. The fourth-order valence-corrected chi connectivity index (χ4v) is 1.42. The summed E-state index contributed by atoms with van der Waals surface area (Å²) in [5.41, 5.74) is -0.0260. The Labute approximate surface area is 75.0 Å². The van der Waals surface area contributed by atoms with Gasteiger partial charge in [0, 0.05) is 13.1 Å². The molecule has 1 aromatic heterocycles. The number of nitrogens with zero attached hydrogens (tertiary/aromatic N) is 2. The first-order valence-electron chi connectivity index (χ1n) is 4.21. The largest absolute Gasteiger partial charge is 0.476 e. The molecule has 5 heteroatoms. The summed E-state index contributed by atoms with van der Waals surface area (Å²) in [6.07, 6.45) is 3.41. The highest BCUT2D eigenvalue weighted by Crippen LogP contribution is 2.18. The molecule has 1 N–H and O–H groups in total. The molecule has 1 saturated heterocycles. The molecule has 0 aliphatic carbocycles. The predicted octanol–water partition coefficient (Wildman–Crippen LogP) is 0.973. The van der Waals surface area contributed by atoms with E-state index in [4.69, 9.17) is 9.52 Å². The SMILES string of the molecule is O=C(O)c1coc(N2CCCC2)n1. The zero-order valence-corrected chi connectivity index (χ0v) is 7.06. The third kappa shape index (κ3) is 1.49. The first-order chi connectivity index (χ1) is 6.27. The highest BCUT2D eigenvalue weighted by atomic mass is 16.4. The number of oxazole rings is 1. The number of hydrogen-bond acceptors (Lipinski definition) is 4. The van der Waals surface area contributed by atoms with E-state index in [9.17, 15) is 4.79 Å². The molecule has 0 amide bonds. The molecule has 0 saturated carbocycles. The van der Waals surface area contributed by atoms with Crippen LogP contribution in [0.5, 0.6) is 0 Å². The summed E-state index contributed by atoms with van der Waals surface area (Å²) in [7, 11) is 0. The van der Waals surface area contributed by atoms with Crippen molar-refractivity contribution in [3.05, 3.63) is 12.0 Å². The number of carboxylic acids is 1. The first-order valence-corrected chi connectivity index (χ1v) is 4.21. The van der Waals surface area contributed by atoms with Crippen molar-refractivity contribution >= 4 is 12.0 Å². The number of rotatable bonds is 2. The van der Waals surface area contributed by atoms with Gasteiger partial charge in [0.25, 0.3) is 6.01 Å². The maximum atomic E-state index is 10.5. The lowest BCUT2D eigenvalue weighted by Crippen LogP contribution is -2.18. The molecule has 0 bridgehead atoms. The van der Waals surface area contributed by atoms with Crippen LogP contribution < -0.4 is 4.90 Å². The second kappa shape index (κ2) is 3.08. The van der Waals surface area contributed by atoms with Gasteiger partial charge >= 0.3 is 5.97 Å². The van der Waals surface area contributed by atoms with Crippen molar-refractivity contribution < 1.29 is 14.3 Å². The van der Waals surface area contributed by atoms with Crippen molar-refractivity contribution in [2.75, 3.05) is 18.0 Å². The van der Waals surface area contributed by atoms with Crippen LogP contribution in [-0.2, 0) is 0 Å². The fraction of sp³-hybridized carbons (Fsp3) is 0.500. The third-order valence-corrected chi connectivity index (χ3v) is 2.09. The van der Waals surface area contributed by atoms with E-state index in [1.165, 1.54) is 6.26 Å². The molecule has 0 aromatic carbocycles. The van der Waals surface area contributed by atoms with Gasteiger partial charge in [0.05, 0.1) is 0 Å². The molecule has 0 spiro atoms. The highest BCUT2D eigenvalue weighted by molar-refractivity contribution is 5.85. The second-order valence-electron chi connectivity index (χ2n) is 3.01. The summed E-state index contributed by atoms with van der Waals surface area (Å²) in [6, 6.07) is 0.426. The van der Waals surface area contributed by atoms with Crippen LogP contribution in [0.25, 0.3) is 0 Å². The summed E-state index contributed by atoms with van der Waals surface area (Å²) < 4.78 is 5.04. The van der Waals surface area contributed by atoms with Crippen LogP contribution in [0.3, 0.4) is 0 Å². The van der Waals surface area contributed by atoms with Gasteiger partial charge in [-0.05, 0) is 12.8 Å². The Morgan fingerprint density at radius 3 is 2.77 bits per heavy atom. The van der Waals surface area contributed by atoms with Crippen LogP contribution >= 0.6 is 0 Å². The zero-order chi connectivity index (χ0) is 9.26. The minimum Gasteiger partial charge on any atom is -0.476 e. The van der Waals surface area contributed by atoms with Crippen LogP contribution in [0, 0.1) is 0 Å². The van der Waals surface area contributed by atoms with Gasteiger partial charge in [-0.1, -0.05) is 0 Å². The van der Waals surface area contributed by atoms with E-state index in [0.717, 1.165) is 25.9 Å². The van der Waals surface area contributed by atoms with Gasteiger partial charge in [-0.3, -0.25) is 0 Å². The number of hydrogen-bond donors (Lipinski definition) is 1. The van der Waals surface area contributed by atoms with Crippen LogP contribution in [0.1, 0.15) is 23.3 Å². The van der Waals surface area contributed by atoms with E-state index < -0.39 is 5.97 Å². The Hall–Kier alpha value is -1.52. The molecule has 0 radical (unpaired) electrons. The molecule has 2 heterocycles. The lowest BCUT2D eigenvalue weighted by atomic mass is 10.4. The smallest absolute Gasteiger partial charge is 0.357 e.